The number of hydrogen-bond acceptors (Lipinski definition) is 0. The molecule has 0 fully saturated rings. The predicted molar refractivity (Wildman–Crippen MR) is 111 cm³/mol. The van der Waals surface area contributed by atoms with Gasteiger partial charge in [-0.3, -0.25) is 0 Å². The highest BCUT2D eigenvalue weighted by molar-refractivity contribution is 5.65. The first-order valence-electron chi connectivity index (χ1n) is 10.1. The summed E-state index contributed by atoms with van der Waals surface area (Å²) in [5, 5.41) is 0. The van der Waals surface area contributed by atoms with E-state index in [9.17, 15) is 0 Å². The minimum Gasteiger partial charge on any atom is -0.0955 e. The Morgan fingerprint density at radius 1 is 1.00 bits per heavy atom. The maximum absolute atomic E-state index is 4.23. The monoisotopic (exact) mass is 326 g/mol. The summed E-state index contributed by atoms with van der Waals surface area (Å²) in [6.45, 7) is 13.2. The van der Waals surface area contributed by atoms with Gasteiger partial charge in [0, 0.05) is 5.92 Å². The number of hydrogen-bond donors (Lipinski definition) is 0. The van der Waals surface area contributed by atoms with Crippen LogP contribution < -0.4 is 0 Å². The Morgan fingerprint density at radius 3 is 2.29 bits per heavy atom. The molecule has 1 aromatic carbocycles. The van der Waals surface area contributed by atoms with Crippen molar-refractivity contribution >= 4 is 5.57 Å². The number of allylic oxidation sites excluding steroid dienone is 3. The number of rotatable bonds is 12. The van der Waals surface area contributed by atoms with E-state index in [0.717, 1.165) is 0 Å². The molecule has 0 nitrogen and oxygen atoms in total. The molecule has 0 bridgehead atoms. The second-order valence-corrected chi connectivity index (χ2v) is 7.09. The van der Waals surface area contributed by atoms with Gasteiger partial charge in [-0.1, -0.05) is 101 Å². The standard InChI is InChI=1S/C24H38/c1-6-9-12-16-21(15-10-7-2)23(17-11-8-3)24-19-14-13-18-22(24)20(4)5/h13-14,16,18-19,23H,4,6-12,15,17H2,1-3,5H3. The molecule has 1 rings (SSSR count). The van der Waals surface area contributed by atoms with Gasteiger partial charge in [0.05, 0.1) is 0 Å². The molecular weight excluding hydrogens is 288 g/mol. The quantitative estimate of drug-likeness (QED) is 0.267. The molecule has 134 valence electrons. The molecule has 0 radical (unpaired) electrons. The lowest BCUT2D eigenvalue weighted by Gasteiger charge is -2.24. The lowest BCUT2D eigenvalue weighted by Crippen LogP contribution is -2.07. The summed E-state index contributed by atoms with van der Waals surface area (Å²) in [7, 11) is 0. The van der Waals surface area contributed by atoms with Crippen molar-refractivity contribution in [1.29, 1.82) is 0 Å². The van der Waals surface area contributed by atoms with Crippen LogP contribution in [0.1, 0.15) is 103 Å². The third kappa shape index (κ3) is 6.67. The maximum atomic E-state index is 4.23. The highest BCUT2D eigenvalue weighted by Crippen LogP contribution is 2.37. The third-order valence-corrected chi connectivity index (χ3v) is 4.87. The zero-order chi connectivity index (χ0) is 17.8. The molecule has 0 amide bonds. The lowest BCUT2D eigenvalue weighted by molar-refractivity contribution is 0.606. The Labute approximate surface area is 151 Å². The second-order valence-electron chi connectivity index (χ2n) is 7.09. The molecule has 0 aromatic heterocycles. The highest BCUT2D eigenvalue weighted by Gasteiger charge is 2.19. The average Bonchev–Trinajstić information content (AvgIpc) is 2.59. The van der Waals surface area contributed by atoms with Crippen LogP contribution in [0.5, 0.6) is 0 Å². The van der Waals surface area contributed by atoms with Crippen LogP contribution in [0.4, 0.5) is 0 Å². The van der Waals surface area contributed by atoms with Crippen LogP contribution in [-0.2, 0) is 0 Å². The molecule has 24 heavy (non-hydrogen) atoms. The van der Waals surface area contributed by atoms with Crippen molar-refractivity contribution in [2.75, 3.05) is 0 Å². The van der Waals surface area contributed by atoms with Gasteiger partial charge in [-0.05, 0) is 43.7 Å². The van der Waals surface area contributed by atoms with Crippen molar-refractivity contribution in [2.24, 2.45) is 0 Å². The van der Waals surface area contributed by atoms with Crippen LogP contribution in [0, 0.1) is 0 Å². The zero-order valence-corrected chi connectivity index (χ0v) is 16.5. The summed E-state index contributed by atoms with van der Waals surface area (Å²) in [6, 6.07) is 8.94. The number of unbranched alkanes of at least 4 members (excludes halogenated alkanes) is 4. The molecule has 0 N–H and O–H groups in total. The molecule has 0 aliphatic carbocycles. The molecule has 1 aromatic rings. The molecule has 0 heteroatoms. The van der Waals surface area contributed by atoms with Crippen molar-refractivity contribution in [3.8, 4) is 0 Å². The van der Waals surface area contributed by atoms with Gasteiger partial charge in [0.25, 0.3) is 0 Å². The van der Waals surface area contributed by atoms with Gasteiger partial charge in [0.15, 0.2) is 0 Å². The predicted octanol–water partition coefficient (Wildman–Crippen LogP) is 8.30. The minimum absolute atomic E-state index is 0.571. The maximum Gasteiger partial charge on any atom is 0.00541 e. The first-order valence-corrected chi connectivity index (χ1v) is 10.1. The zero-order valence-electron chi connectivity index (χ0n) is 16.5. The van der Waals surface area contributed by atoms with E-state index in [1.165, 1.54) is 74.5 Å². The molecule has 1 atom stereocenters. The molecule has 0 spiro atoms. The van der Waals surface area contributed by atoms with Crippen LogP contribution in [-0.4, -0.2) is 0 Å². The van der Waals surface area contributed by atoms with Crippen LogP contribution in [0.25, 0.3) is 5.57 Å². The second kappa shape index (κ2) is 12.1. The van der Waals surface area contributed by atoms with Crippen LogP contribution in [0.2, 0.25) is 0 Å². The van der Waals surface area contributed by atoms with E-state index < -0.39 is 0 Å². The van der Waals surface area contributed by atoms with Crippen molar-refractivity contribution in [3.05, 3.63) is 53.6 Å². The summed E-state index contributed by atoms with van der Waals surface area (Å²) in [4.78, 5) is 0. The van der Waals surface area contributed by atoms with Gasteiger partial charge in [-0.15, -0.1) is 0 Å². The van der Waals surface area contributed by atoms with E-state index in [2.05, 4.69) is 64.6 Å². The van der Waals surface area contributed by atoms with E-state index in [1.54, 1.807) is 5.57 Å². The normalized spacial score (nSPS) is 13.1. The van der Waals surface area contributed by atoms with Crippen molar-refractivity contribution in [2.45, 2.75) is 91.4 Å². The Balaban J connectivity index is 3.20. The first kappa shape index (κ1) is 20.7. The van der Waals surface area contributed by atoms with Gasteiger partial charge >= 0.3 is 0 Å². The molecule has 0 saturated heterocycles. The Morgan fingerprint density at radius 2 is 1.67 bits per heavy atom. The van der Waals surface area contributed by atoms with Gasteiger partial charge in [0.2, 0.25) is 0 Å². The van der Waals surface area contributed by atoms with Gasteiger partial charge in [-0.2, -0.15) is 0 Å². The minimum atomic E-state index is 0.571. The largest absolute Gasteiger partial charge is 0.0955 e. The van der Waals surface area contributed by atoms with Crippen LogP contribution >= 0.6 is 0 Å². The van der Waals surface area contributed by atoms with E-state index in [0.29, 0.717) is 5.92 Å². The summed E-state index contributed by atoms with van der Waals surface area (Å²) >= 11 is 0. The van der Waals surface area contributed by atoms with E-state index in [4.69, 9.17) is 0 Å². The average molecular weight is 327 g/mol. The van der Waals surface area contributed by atoms with Crippen LogP contribution in [0.15, 0.2) is 42.5 Å². The van der Waals surface area contributed by atoms with Crippen molar-refractivity contribution in [3.63, 3.8) is 0 Å². The Hall–Kier alpha value is -1.30. The summed E-state index contributed by atoms with van der Waals surface area (Å²) in [5.41, 5.74) is 5.72. The fraction of sp³-hybridized carbons (Fsp3) is 0.583. The number of benzene rings is 1. The topological polar surface area (TPSA) is 0 Å². The molecule has 0 aliphatic rings. The van der Waals surface area contributed by atoms with Crippen molar-refractivity contribution < 1.29 is 0 Å². The fourth-order valence-corrected chi connectivity index (χ4v) is 3.43. The first-order chi connectivity index (χ1) is 11.7. The summed E-state index contributed by atoms with van der Waals surface area (Å²) < 4.78 is 0. The van der Waals surface area contributed by atoms with E-state index in [1.807, 2.05) is 0 Å². The molecular formula is C24H38. The van der Waals surface area contributed by atoms with Gasteiger partial charge in [-0.25, -0.2) is 0 Å². The fourth-order valence-electron chi connectivity index (χ4n) is 3.43. The Kier molecular flexibility index (Phi) is 10.5. The summed E-state index contributed by atoms with van der Waals surface area (Å²) in [6.07, 6.45) is 14.0. The third-order valence-electron chi connectivity index (χ3n) is 4.87. The molecule has 0 saturated carbocycles. The molecule has 1 unspecified atom stereocenters. The van der Waals surface area contributed by atoms with E-state index >= 15 is 0 Å². The molecule has 0 aliphatic heterocycles. The SMILES string of the molecule is C=C(C)c1ccccc1C(CCCC)C(=CCCCC)CCCC. The van der Waals surface area contributed by atoms with Gasteiger partial charge in [0.1, 0.15) is 0 Å². The van der Waals surface area contributed by atoms with Gasteiger partial charge < -0.3 is 0 Å². The molecule has 0 heterocycles. The van der Waals surface area contributed by atoms with E-state index in [-0.39, 0.29) is 0 Å². The lowest BCUT2D eigenvalue weighted by atomic mass is 9.80. The highest BCUT2D eigenvalue weighted by atomic mass is 14.2. The van der Waals surface area contributed by atoms with Crippen LogP contribution in [0.3, 0.4) is 0 Å². The Bertz CT molecular complexity index is 507. The summed E-state index contributed by atoms with van der Waals surface area (Å²) in [5.74, 6) is 0.571. The van der Waals surface area contributed by atoms with Crippen molar-refractivity contribution in [1.82, 2.24) is 0 Å². The smallest absolute Gasteiger partial charge is 0.00541 e.